The summed E-state index contributed by atoms with van der Waals surface area (Å²) in [6.45, 7) is 3.65. The van der Waals surface area contributed by atoms with E-state index in [-0.39, 0.29) is 28.7 Å². The van der Waals surface area contributed by atoms with Crippen molar-refractivity contribution in [3.05, 3.63) is 23.8 Å². The molecule has 23 heavy (non-hydrogen) atoms. The number of rotatable bonds is 6. The van der Waals surface area contributed by atoms with Gasteiger partial charge in [0.25, 0.3) is 0 Å². The van der Waals surface area contributed by atoms with Gasteiger partial charge in [-0.1, -0.05) is 6.07 Å². The predicted molar refractivity (Wildman–Crippen MR) is 108 cm³/mol. The molecule has 1 aromatic carbocycles. The molecule has 1 unspecified atom stereocenters. The summed E-state index contributed by atoms with van der Waals surface area (Å²) in [5, 5.41) is 3.24. The van der Waals surface area contributed by atoms with Gasteiger partial charge < -0.3 is 20.5 Å². The molecule has 5 nitrogen and oxygen atoms in total. The Morgan fingerprint density at radius 3 is 2.70 bits per heavy atom. The highest BCUT2D eigenvalue weighted by Crippen LogP contribution is 2.36. The van der Waals surface area contributed by atoms with Crippen LogP contribution >= 0.6 is 35.7 Å². The van der Waals surface area contributed by atoms with Crippen LogP contribution in [-0.4, -0.2) is 37.2 Å². The number of nitrogens with zero attached hydrogens (tertiary/aromatic N) is 1. The molecule has 0 radical (unpaired) electrons. The van der Waals surface area contributed by atoms with E-state index in [1.54, 1.807) is 14.2 Å². The monoisotopic (exact) mass is 451 g/mol. The lowest BCUT2D eigenvalue weighted by Crippen LogP contribution is -2.40. The number of halogens is 1. The van der Waals surface area contributed by atoms with Crippen molar-refractivity contribution in [3.8, 4) is 11.5 Å². The normalized spacial score (nSPS) is 20.7. The maximum atomic E-state index is 5.96. The molecule has 1 aliphatic rings. The zero-order valence-corrected chi connectivity index (χ0v) is 17.1. The Hall–Kier alpha value is -0.830. The number of benzene rings is 1. The molecule has 1 aromatic rings. The van der Waals surface area contributed by atoms with E-state index in [1.807, 2.05) is 30.0 Å². The SMILES string of the molecule is COc1ccc(CN=C(N)NCC2(C)CCCS2)cc1OC.I. The van der Waals surface area contributed by atoms with Crippen LogP contribution in [0.3, 0.4) is 0 Å². The molecular weight excluding hydrogens is 425 g/mol. The minimum absolute atomic E-state index is 0. The summed E-state index contributed by atoms with van der Waals surface area (Å²) in [5.41, 5.74) is 6.99. The summed E-state index contributed by atoms with van der Waals surface area (Å²) >= 11 is 2.01. The summed E-state index contributed by atoms with van der Waals surface area (Å²) in [6, 6.07) is 5.76. The molecule has 1 atom stereocenters. The molecule has 2 rings (SSSR count). The fourth-order valence-electron chi connectivity index (χ4n) is 2.47. The fourth-order valence-corrected chi connectivity index (χ4v) is 3.71. The van der Waals surface area contributed by atoms with Crippen LogP contribution in [0, 0.1) is 0 Å². The van der Waals surface area contributed by atoms with Crippen molar-refractivity contribution in [1.29, 1.82) is 0 Å². The van der Waals surface area contributed by atoms with Gasteiger partial charge >= 0.3 is 0 Å². The highest BCUT2D eigenvalue weighted by molar-refractivity contribution is 14.0. The highest BCUT2D eigenvalue weighted by atomic mass is 127. The average Bonchev–Trinajstić information content (AvgIpc) is 2.97. The van der Waals surface area contributed by atoms with E-state index in [0.29, 0.717) is 24.0 Å². The van der Waals surface area contributed by atoms with Gasteiger partial charge in [0.05, 0.1) is 20.8 Å². The summed E-state index contributed by atoms with van der Waals surface area (Å²) in [5.74, 6) is 3.15. The van der Waals surface area contributed by atoms with Gasteiger partial charge in [-0.2, -0.15) is 11.8 Å². The zero-order valence-electron chi connectivity index (χ0n) is 13.9. The zero-order chi connectivity index (χ0) is 16.0. The van der Waals surface area contributed by atoms with Crippen LogP contribution in [0.25, 0.3) is 0 Å². The molecule has 0 aromatic heterocycles. The molecule has 0 amide bonds. The number of guanidine groups is 1. The van der Waals surface area contributed by atoms with Gasteiger partial charge in [-0.25, -0.2) is 4.99 Å². The van der Waals surface area contributed by atoms with E-state index < -0.39 is 0 Å². The number of methoxy groups -OCH3 is 2. The molecule has 1 fully saturated rings. The Bertz CT molecular complexity index is 534. The van der Waals surface area contributed by atoms with Gasteiger partial charge in [-0.05, 0) is 43.2 Å². The minimum Gasteiger partial charge on any atom is -0.493 e. The molecule has 0 spiro atoms. The van der Waals surface area contributed by atoms with Crippen molar-refractivity contribution >= 4 is 41.7 Å². The first-order chi connectivity index (χ1) is 10.6. The van der Waals surface area contributed by atoms with Gasteiger partial charge in [0.1, 0.15) is 0 Å². The topological polar surface area (TPSA) is 68.9 Å². The van der Waals surface area contributed by atoms with Crippen molar-refractivity contribution in [3.63, 3.8) is 0 Å². The van der Waals surface area contributed by atoms with Crippen molar-refractivity contribution in [2.75, 3.05) is 26.5 Å². The van der Waals surface area contributed by atoms with Crippen LogP contribution in [0.15, 0.2) is 23.2 Å². The van der Waals surface area contributed by atoms with E-state index >= 15 is 0 Å². The Kier molecular flexibility index (Phi) is 8.32. The molecule has 1 heterocycles. The lowest BCUT2D eigenvalue weighted by Gasteiger charge is -2.23. The number of hydrogen-bond donors (Lipinski definition) is 2. The minimum atomic E-state index is 0. The largest absolute Gasteiger partial charge is 0.493 e. The highest BCUT2D eigenvalue weighted by Gasteiger charge is 2.29. The van der Waals surface area contributed by atoms with Crippen LogP contribution in [-0.2, 0) is 6.54 Å². The number of thioether (sulfide) groups is 1. The molecule has 1 saturated heterocycles. The molecule has 1 aliphatic heterocycles. The molecule has 130 valence electrons. The van der Waals surface area contributed by atoms with E-state index in [4.69, 9.17) is 15.2 Å². The Morgan fingerprint density at radius 1 is 1.35 bits per heavy atom. The lowest BCUT2D eigenvalue weighted by molar-refractivity contribution is 0.354. The molecule has 0 bridgehead atoms. The third-order valence-corrected chi connectivity index (χ3v) is 5.36. The van der Waals surface area contributed by atoms with E-state index in [1.165, 1.54) is 18.6 Å². The van der Waals surface area contributed by atoms with Crippen molar-refractivity contribution in [2.24, 2.45) is 10.7 Å². The van der Waals surface area contributed by atoms with Crippen LogP contribution in [0.1, 0.15) is 25.3 Å². The molecule has 3 N–H and O–H groups in total. The first-order valence-electron chi connectivity index (χ1n) is 7.45. The lowest BCUT2D eigenvalue weighted by atomic mass is 10.1. The third kappa shape index (κ3) is 5.95. The second kappa shape index (κ2) is 9.46. The van der Waals surface area contributed by atoms with Gasteiger partial charge in [0, 0.05) is 11.3 Å². The molecular formula is C16H26IN3O2S. The number of aliphatic imine (C=N–C) groups is 1. The van der Waals surface area contributed by atoms with Gasteiger partial charge in [-0.15, -0.1) is 24.0 Å². The summed E-state index contributed by atoms with van der Waals surface area (Å²) < 4.78 is 10.8. The van der Waals surface area contributed by atoms with Crippen LogP contribution < -0.4 is 20.5 Å². The second-order valence-corrected chi connectivity index (χ2v) is 7.33. The van der Waals surface area contributed by atoms with Gasteiger partial charge in [0.2, 0.25) is 0 Å². The van der Waals surface area contributed by atoms with E-state index in [0.717, 1.165) is 12.1 Å². The molecule has 7 heteroatoms. The van der Waals surface area contributed by atoms with E-state index in [2.05, 4.69) is 17.2 Å². The van der Waals surface area contributed by atoms with Crippen LogP contribution in [0.5, 0.6) is 11.5 Å². The molecule has 0 aliphatic carbocycles. The standard InChI is InChI=1S/C16H25N3O2S.HI/c1-16(7-4-8-22-16)11-19-15(17)18-10-12-5-6-13(20-2)14(9-12)21-3;/h5-6,9H,4,7-8,10-11H2,1-3H3,(H3,17,18,19);1H. The smallest absolute Gasteiger partial charge is 0.188 e. The van der Waals surface area contributed by atoms with E-state index in [9.17, 15) is 0 Å². The van der Waals surface area contributed by atoms with Crippen molar-refractivity contribution in [1.82, 2.24) is 5.32 Å². The Labute approximate surface area is 159 Å². The first-order valence-corrected chi connectivity index (χ1v) is 8.43. The maximum Gasteiger partial charge on any atom is 0.188 e. The number of ether oxygens (including phenoxy) is 2. The fraction of sp³-hybridized carbons (Fsp3) is 0.562. The van der Waals surface area contributed by atoms with Gasteiger partial charge in [-0.3, -0.25) is 0 Å². The van der Waals surface area contributed by atoms with Crippen LogP contribution in [0.4, 0.5) is 0 Å². The van der Waals surface area contributed by atoms with Crippen molar-refractivity contribution < 1.29 is 9.47 Å². The van der Waals surface area contributed by atoms with Gasteiger partial charge in [0.15, 0.2) is 17.5 Å². The first kappa shape index (κ1) is 20.2. The van der Waals surface area contributed by atoms with Crippen LogP contribution in [0.2, 0.25) is 0 Å². The number of nitrogens with two attached hydrogens (primary N) is 1. The maximum absolute atomic E-state index is 5.96. The quantitative estimate of drug-likeness (QED) is 0.396. The average molecular weight is 451 g/mol. The summed E-state index contributed by atoms with van der Waals surface area (Å²) in [6.07, 6.45) is 2.51. The Morgan fingerprint density at radius 2 is 2.09 bits per heavy atom. The third-order valence-electron chi connectivity index (χ3n) is 3.82. The number of hydrogen-bond acceptors (Lipinski definition) is 4. The predicted octanol–water partition coefficient (Wildman–Crippen LogP) is 3.01. The number of nitrogens with one attached hydrogen (secondary N) is 1. The summed E-state index contributed by atoms with van der Waals surface area (Å²) in [7, 11) is 3.25. The van der Waals surface area contributed by atoms with Crippen molar-refractivity contribution in [2.45, 2.75) is 31.1 Å². The second-order valence-electron chi connectivity index (χ2n) is 5.65. The molecule has 0 saturated carbocycles. The summed E-state index contributed by atoms with van der Waals surface area (Å²) in [4.78, 5) is 4.40. The Balaban J connectivity index is 0.00000264.